The van der Waals surface area contributed by atoms with Crippen LogP contribution < -0.4 is 10.6 Å². The molecule has 2 N–H and O–H groups in total. The van der Waals surface area contributed by atoms with Gasteiger partial charge in [0.1, 0.15) is 6.54 Å². The third-order valence-electron chi connectivity index (χ3n) is 4.51. The number of hydrogen-bond acceptors (Lipinski definition) is 3. The Morgan fingerprint density at radius 1 is 1.04 bits per heavy atom. The van der Waals surface area contributed by atoms with Crippen LogP contribution in [0.4, 0.5) is 4.79 Å². The quantitative estimate of drug-likeness (QED) is 0.771. The molecule has 0 spiro atoms. The molecule has 1 saturated heterocycles. The molecule has 1 aliphatic rings. The molecule has 0 saturated carbocycles. The van der Waals surface area contributed by atoms with Crippen molar-refractivity contribution < 1.29 is 14.4 Å². The Hall–Kier alpha value is -3.15. The van der Waals surface area contributed by atoms with Crippen molar-refractivity contribution in [1.82, 2.24) is 15.5 Å². The van der Waals surface area contributed by atoms with Crippen LogP contribution in [0, 0.1) is 0 Å². The lowest BCUT2D eigenvalue weighted by Gasteiger charge is -2.27. The molecule has 6 nitrogen and oxygen atoms in total. The maximum absolute atomic E-state index is 13.3. The Morgan fingerprint density at radius 2 is 1.63 bits per heavy atom. The van der Waals surface area contributed by atoms with E-state index < -0.39 is 17.5 Å². The lowest BCUT2D eigenvalue weighted by atomic mass is 9.83. The maximum Gasteiger partial charge on any atom is 0.325 e. The molecular weight excluding hydrogens is 342 g/mol. The van der Waals surface area contributed by atoms with E-state index in [4.69, 9.17) is 0 Å². The molecule has 0 radical (unpaired) electrons. The zero-order chi connectivity index (χ0) is 19.4. The highest BCUT2D eigenvalue weighted by Gasteiger charge is 2.52. The largest absolute Gasteiger partial charge is 0.352 e. The Labute approximate surface area is 158 Å². The molecule has 0 aromatic heterocycles. The van der Waals surface area contributed by atoms with Crippen LogP contribution in [-0.4, -0.2) is 35.3 Å². The fourth-order valence-electron chi connectivity index (χ4n) is 3.32. The van der Waals surface area contributed by atoms with Gasteiger partial charge in [0, 0.05) is 12.5 Å². The van der Waals surface area contributed by atoms with Crippen molar-refractivity contribution in [1.29, 1.82) is 0 Å². The summed E-state index contributed by atoms with van der Waals surface area (Å²) in [6.45, 7) is 3.35. The molecule has 1 fully saturated rings. The Bertz CT molecular complexity index is 836. The van der Waals surface area contributed by atoms with Gasteiger partial charge < -0.3 is 10.6 Å². The highest BCUT2D eigenvalue weighted by molar-refractivity contribution is 6.09. The van der Waals surface area contributed by atoms with Crippen LogP contribution in [-0.2, 0) is 21.5 Å². The third kappa shape index (κ3) is 3.84. The normalized spacial score (nSPS) is 19.3. The van der Waals surface area contributed by atoms with Crippen molar-refractivity contribution in [3.63, 3.8) is 0 Å². The first-order chi connectivity index (χ1) is 12.9. The maximum atomic E-state index is 13.3. The van der Waals surface area contributed by atoms with E-state index in [0.29, 0.717) is 12.0 Å². The fourth-order valence-corrected chi connectivity index (χ4v) is 3.32. The molecule has 0 bridgehead atoms. The Balaban J connectivity index is 1.95. The molecule has 1 aliphatic heterocycles. The first-order valence-corrected chi connectivity index (χ1v) is 8.95. The minimum atomic E-state index is -1.22. The van der Waals surface area contributed by atoms with Crippen molar-refractivity contribution in [2.75, 3.05) is 6.54 Å². The van der Waals surface area contributed by atoms with Gasteiger partial charge in [-0.05, 0) is 25.0 Å². The van der Waals surface area contributed by atoms with Crippen molar-refractivity contribution >= 4 is 17.8 Å². The molecule has 27 heavy (non-hydrogen) atoms. The van der Waals surface area contributed by atoms with E-state index in [2.05, 4.69) is 10.6 Å². The predicted molar refractivity (Wildman–Crippen MR) is 102 cm³/mol. The molecule has 1 atom stereocenters. The molecule has 1 heterocycles. The van der Waals surface area contributed by atoms with Crippen LogP contribution >= 0.6 is 0 Å². The number of benzene rings is 2. The first kappa shape index (κ1) is 18.6. The number of nitrogens with zero attached hydrogens (tertiary/aromatic N) is 1. The highest BCUT2D eigenvalue weighted by Crippen LogP contribution is 2.32. The standard InChI is InChI=1S/C21H23N3O3/c1-15(2)22-18(25)14-24-19(26)21(23-20(24)27,17-11-7-4-8-12-17)13-16-9-5-3-6-10-16/h3-12,15H,13-14H2,1-2H3,(H,22,25)(H,23,27)/t21-/m0/s1. The van der Waals surface area contributed by atoms with E-state index in [-0.39, 0.29) is 18.5 Å². The van der Waals surface area contributed by atoms with Crippen LogP contribution in [0.15, 0.2) is 60.7 Å². The number of rotatable bonds is 6. The summed E-state index contributed by atoms with van der Waals surface area (Å²) in [6, 6.07) is 18.0. The highest BCUT2D eigenvalue weighted by atomic mass is 16.2. The summed E-state index contributed by atoms with van der Waals surface area (Å²) in [5, 5.41) is 5.56. The SMILES string of the molecule is CC(C)NC(=O)CN1C(=O)N[C@@](Cc2ccccc2)(c2ccccc2)C1=O. The third-order valence-corrected chi connectivity index (χ3v) is 4.51. The zero-order valence-corrected chi connectivity index (χ0v) is 15.4. The summed E-state index contributed by atoms with van der Waals surface area (Å²) >= 11 is 0. The Morgan fingerprint density at radius 3 is 2.22 bits per heavy atom. The number of carbonyl (C=O) groups is 3. The monoisotopic (exact) mass is 365 g/mol. The van der Waals surface area contributed by atoms with E-state index in [9.17, 15) is 14.4 Å². The second-order valence-electron chi connectivity index (χ2n) is 6.98. The van der Waals surface area contributed by atoms with Gasteiger partial charge >= 0.3 is 6.03 Å². The van der Waals surface area contributed by atoms with E-state index in [1.165, 1.54) is 0 Å². The minimum Gasteiger partial charge on any atom is -0.352 e. The summed E-state index contributed by atoms with van der Waals surface area (Å²) in [5.41, 5.74) is 0.389. The average molecular weight is 365 g/mol. The van der Waals surface area contributed by atoms with Gasteiger partial charge in [-0.1, -0.05) is 60.7 Å². The molecule has 3 rings (SSSR count). The number of nitrogens with one attached hydrogen (secondary N) is 2. The summed E-state index contributed by atoms with van der Waals surface area (Å²) in [4.78, 5) is 39.0. The van der Waals surface area contributed by atoms with Crippen LogP contribution in [0.1, 0.15) is 25.0 Å². The summed E-state index contributed by atoms with van der Waals surface area (Å²) in [7, 11) is 0. The number of carbonyl (C=O) groups excluding carboxylic acids is 3. The second kappa shape index (κ2) is 7.61. The van der Waals surface area contributed by atoms with E-state index >= 15 is 0 Å². The molecule has 140 valence electrons. The van der Waals surface area contributed by atoms with Crippen molar-refractivity contribution in [2.45, 2.75) is 31.8 Å². The number of urea groups is 1. The lowest BCUT2D eigenvalue weighted by Crippen LogP contribution is -2.47. The molecule has 2 aromatic carbocycles. The van der Waals surface area contributed by atoms with E-state index in [1.54, 1.807) is 0 Å². The van der Waals surface area contributed by atoms with Crippen LogP contribution in [0.2, 0.25) is 0 Å². The second-order valence-corrected chi connectivity index (χ2v) is 6.98. The number of amides is 4. The summed E-state index contributed by atoms with van der Waals surface area (Å²) in [6.07, 6.45) is 0.310. The van der Waals surface area contributed by atoms with Crippen LogP contribution in [0.5, 0.6) is 0 Å². The van der Waals surface area contributed by atoms with Gasteiger partial charge in [-0.25, -0.2) is 4.79 Å². The number of hydrogen-bond donors (Lipinski definition) is 2. The van der Waals surface area contributed by atoms with Gasteiger partial charge in [0.15, 0.2) is 5.54 Å². The van der Waals surface area contributed by atoms with Crippen LogP contribution in [0.3, 0.4) is 0 Å². The lowest BCUT2D eigenvalue weighted by molar-refractivity contribution is -0.135. The summed E-state index contributed by atoms with van der Waals surface area (Å²) in [5.74, 6) is -0.779. The molecule has 2 aromatic rings. The number of imide groups is 1. The van der Waals surface area contributed by atoms with Crippen molar-refractivity contribution in [3.8, 4) is 0 Å². The van der Waals surface area contributed by atoms with Gasteiger partial charge in [-0.15, -0.1) is 0 Å². The van der Waals surface area contributed by atoms with Crippen molar-refractivity contribution in [2.24, 2.45) is 0 Å². The van der Waals surface area contributed by atoms with Crippen LogP contribution in [0.25, 0.3) is 0 Å². The minimum absolute atomic E-state index is 0.0681. The van der Waals surface area contributed by atoms with Gasteiger partial charge in [0.2, 0.25) is 5.91 Å². The molecule has 0 aliphatic carbocycles. The fraction of sp³-hybridized carbons (Fsp3) is 0.286. The van der Waals surface area contributed by atoms with Gasteiger partial charge in [-0.2, -0.15) is 0 Å². The van der Waals surface area contributed by atoms with Crippen molar-refractivity contribution in [3.05, 3.63) is 71.8 Å². The first-order valence-electron chi connectivity index (χ1n) is 8.95. The van der Waals surface area contributed by atoms with Gasteiger partial charge in [0.05, 0.1) is 0 Å². The van der Waals surface area contributed by atoms with E-state index in [0.717, 1.165) is 10.5 Å². The molecule has 0 unspecified atom stereocenters. The molecule has 4 amide bonds. The molecule has 6 heteroatoms. The molecular formula is C21H23N3O3. The predicted octanol–water partition coefficient (Wildman–Crippen LogP) is 2.20. The topological polar surface area (TPSA) is 78.5 Å². The average Bonchev–Trinajstić information content (AvgIpc) is 2.88. The smallest absolute Gasteiger partial charge is 0.325 e. The van der Waals surface area contributed by atoms with Gasteiger partial charge in [0.25, 0.3) is 5.91 Å². The van der Waals surface area contributed by atoms with Gasteiger partial charge in [-0.3, -0.25) is 14.5 Å². The van der Waals surface area contributed by atoms with E-state index in [1.807, 2.05) is 74.5 Å². The summed E-state index contributed by atoms with van der Waals surface area (Å²) < 4.78 is 0. The Kier molecular flexibility index (Phi) is 5.26. The zero-order valence-electron chi connectivity index (χ0n) is 15.4.